The third-order valence-electron chi connectivity index (χ3n) is 18.2. The van der Waals surface area contributed by atoms with Gasteiger partial charge in [0.05, 0.1) is 0 Å². The second kappa shape index (κ2) is 31.8. The van der Waals surface area contributed by atoms with E-state index in [4.69, 9.17) is 27.1 Å². The molecule has 16 heteroatoms. The Kier molecular flexibility index (Phi) is 26.5. The predicted octanol–water partition coefficient (Wildman–Crippen LogP) is 21.2. The van der Waals surface area contributed by atoms with E-state index in [1.165, 1.54) is 33.4 Å². The number of phosphoric acid groups is 3. The van der Waals surface area contributed by atoms with Gasteiger partial charge in [-0.1, -0.05) is 239 Å². The Morgan fingerprint density at radius 2 is 0.351 bits per heavy atom. The van der Waals surface area contributed by atoms with Crippen LogP contribution in [0.4, 0.5) is 0 Å². The van der Waals surface area contributed by atoms with Gasteiger partial charge in [0.1, 0.15) is 34.5 Å². The third-order valence-corrected chi connectivity index (χ3v) is 20.7. The molecule has 0 bridgehead atoms. The monoisotopic (exact) mass is 1360 g/mol. The minimum atomic E-state index is -4.61. The molecule has 0 aromatic heterocycles. The molecule has 0 radical (unpaired) electrons. The molecule has 3 aliphatic rings. The Labute approximate surface area is 576 Å². The molecule has 0 aliphatic carbocycles. The minimum Gasteiger partial charge on any atom is -0.736 e. The smallest absolute Gasteiger partial charge is 0.736 e. The van der Waals surface area contributed by atoms with Crippen LogP contribution in [0.2, 0.25) is 0 Å². The number of phosphoric ester groups is 3. The van der Waals surface area contributed by atoms with E-state index in [2.05, 4.69) is 239 Å². The molecule has 9 rings (SSSR count). The molecule has 510 valence electrons. The summed E-state index contributed by atoms with van der Waals surface area (Å²) in [4.78, 5) is 39.2. The summed E-state index contributed by atoms with van der Waals surface area (Å²) < 4.78 is 73.3. The molecule has 0 saturated heterocycles. The zero-order valence-corrected chi connectivity index (χ0v) is 64.8. The SMILES string of the molecule is CC(C)c1cc2c(c(C(C)C)c1)OP(=O)([O-])Oc1c(cc(C(C)C)cc1C(C)C)CC2.CC(C)c1cc2c(c(C(C)C)c1)OP(=O)([O-])Oc1c(cc(C(C)C)cc1C(C)C)CC2.CC(C)c1cc2c(c(C(C)C)c1)OP(=O)([O-])Oc1c(cc(C(C)C)cc1C(C)C)CC2.[Al+3]. The van der Waals surface area contributed by atoms with E-state index in [1.54, 1.807) is 0 Å². The summed E-state index contributed by atoms with van der Waals surface area (Å²) in [6, 6.07) is 25.1. The summed E-state index contributed by atoms with van der Waals surface area (Å²) >= 11 is 0. The molecule has 0 amide bonds. The second-order valence-electron chi connectivity index (χ2n) is 29.8. The third kappa shape index (κ3) is 19.1. The zero-order valence-electron chi connectivity index (χ0n) is 60.9. The number of hydrogen-bond donors (Lipinski definition) is 0. The Morgan fingerprint density at radius 1 is 0.234 bits per heavy atom. The van der Waals surface area contributed by atoms with E-state index in [1.807, 2.05) is 0 Å². The topological polar surface area (TPSA) is 176 Å². The van der Waals surface area contributed by atoms with E-state index >= 15 is 0 Å². The fourth-order valence-corrected chi connectivity index (χ4v) is 15.1. The van der Waals surface area contributed by atoms with Gasteiger partial charge < -0.3 is 41.8 Å². The molecule has 3 aliphatic heterocycles. The summed E-state index contributed by atoms with van der Waals surface area (Å²) in [5, 5.41) is 0. The normalized spacial score (nSPS) is 15.6. The van der Waals surface area contributed by atoms with E-state index in [0.29, 0.717) is 109 Å². The van der Waals surface area contributed by atoms with Gasteiger partial charge in [-0.3, -0.25) is 0 Å². The van der Waals surface area contributed by atoms with Crippen LogP contribution in [0.5, 0.6) is 34.5 Å². The molecule has 0 atom stereocenters. The molecular weight excluding hydrogens is 1250 g/mol. The fourth-order valence-electron chi connectivity index (χ4n) is 12.3. The van der Waals surface area contributed by atoms with Crippen molar-refractivity contribution >= 4 is 40.8 Å². The standard InChI is InChI=1S/3C26H37O4P.Al/c3*1-15(2)21-11-19-9-10-20-12-22(16(3)4)14-24(18(7)8)26(20)30-31(27,28)29-25(19)23(13-21)17(5)6;/h3*11-18H,9-10H2,1-8H3,(H,27,28);/q;;;+3/p-3. The number of hydrogen-bond acceptors (Lipinski definition) is 12. The molecule has 0 unspecified atom stereocenters. The number of rotatable bonds is 12. The molecule has 12 nitrogen and oxygen atoms in total. The Balaban J connectivity index is 0.000000222. The first kappa shape index (κ1) is 78.2. The molecule has 0 N–H and O–H groups in total. The molecule has 0 spiro atoms. The van der Waals surface area contributed by atoms with Crippen molar-refractivity contribution in [3.05, 3.63) is 173 Å². The predicted molar refractivity (Wildman–Crippen MR) is 382 cm³/mol. The van der Waals surface area contributed by atoms with Crippen LogP contribution in [0.15, 0.2) is 72.8 Å². The van der Waals surface area contributed by atoms with Gasteiger partial charge in [-0.15, -0.1) is 0 Å². The minimum absolute atomic E-state index is 0. The van der Waals surface area contributed by atoms with Crippen molar-refractivity contribution in [2.75, 3.05) is 0 Å². The van der Waals surface area contributed by atoms with Gasteiger partial charge in [0, 0.05) is 0 Å². The average molecular weight is 1360 g/mol. The summed E-state index contributed by atoms with van der Waals surface area (Å²) in [7, 11) is -13.8. The number of fused-ring (bicyclic) bond motifs is 6. The van der Waals surface area contributed by atoms with Crippen molar-refractivity contribution in [2.45, 2.75) is 276 Å². The number of benzene rings is 6. The summed E-state index contributed by atoms with van der Waals surface area (Å²) in [5.41, 5.74) is 18.3. The maximum Gasteiger partial charge on any atom is 3.00 e. The van der Waals surface area contributed by atoms with E-state index < -0.39 is 23.5 Å². The molecule has 94 heavy (non-hydrogen) atoms. The molecule has 6 aromatic rings. The van der Waals surface area contributed by atoms with Gasteiger partial charge >= 0.3 is 40.8 Å². The number of aryl methyl sites for hydroxylation is 6. The molecule has 0 fully saturated rings. The second-order valence-corrected chi connectivity index (χ2v) is 33.6. The van der Waals surface area contributed by atoms with Crippen LogP contribution >= 0.6 is 23.5 Å². The van der Waals surface area contributed by atoms with E-state index in [0.717, 1.165) is 66.8 Å². The summed E-state index contributed by atoms with van der Waals surface area (Å²) in [5.74, 6) is 5.55. The van der Waals surface area contributed by atoms with Crippen molar-refractivity contribution in [3.8, 4) is 34.5 Å². The quantitative estimate of drug-likeness (QED) is 0.0838. The van der Waals surface area contributed by atoms with Crippen molar-refractivity contribution in [2.24, 2.45) is 0 Å². The van der Waals surface area contributed by atoms with Gasteiger partial charge in [0.15, 0.2) is 0 Å². The van der Waals surface area contributed by atoms with Crippen LogP contribution in [0.1, 0.15) is 337 Å². The Morgan fingerprint density at radius 3 is 0.447 bits per heavy atom. The van der Waals surface area contributed by atoms with Crippen LogP contribution in [0, 0.1) is 0 Å². The van der Waals surface area contributed by atoms with Crippen molar-refractivity contribution in [3.63, 3.8) is 0 Å². The Hall–Kier alpha value is -4.78. The largest absolute Gasteiger partial charge is 3.00 e. The van der Waals surface area contributed by atoms with Gasteiger partial charge in [-0.25, -0.2) is 13.7 Å². The molecule has 0 saturated carbocycles. The first-order valence-corrected chi connectivity index (χ1v) is 38.7. The van der Waals surface area contributed by atoms with Gasteiger partial charge in [0.2, 0.25) is 0 Å². The summed E-state index contributed by atoms with van der Waals surface area (Å²) in [6.07, 6.45) is 4.20. The van der Waals surface area contributed by atoms with Crippen molar-refractivity contribution < 1.29 is 55.5 Å². The van der Waals surface area contributed by atoms with Crippen LogP contribution in [-0.4, -0.2) is 17.4 Å². The molecule has 6 aromatic carbocycles. The molecule has 3 heterocycles. The summed E-state index contributed by atoms with van der Waals surface area (Å²) in [6.45, 7) is 50.6. The van der Waals surface area contributed by atoms with Crippen molar-refractivity contribution in [1.29, 1.82) is 0 Å². The van der Waals surface area contributed by atoms with Gasteiger partial charge in [-0.2, -0.15) is 0 Å². The van der Waals surface area contributed by atoms with Crippen LogP contribution < -0.4 is 41.8 Å². The first-order chi connectivity index (χ1) is 43.2. The fraction of sp³-hybridized carbons (Fsp3) is 0.538. The maximum absolute atomic E-state index is 13.1. The van der Waals surface area contributed by atoms with Gasteiger partial charge in [0.25, 0.3) is 0 Å². The van der Waals surface area contributed by atoms with E-state index in [-0.39, 0.29) is 52.9 Å². The maximum atomic E-state index is 13.1. The van der Waals surface area contributed by atoms with Crippen molar-refractivity contribution in [1.82, 2.24) is 0 Å². The van der Waals surface area contributed by atoms with Crippen LogP contribution in [-0.2, 0) is 52.2 Å². The molecular formula is C78H108AlO12P3. The van der Waals surface area contributed by atoms with Gasteiger partial charge in [-0.05, 0) is 210 Å². The zero-order chi connectivity index (χ0) is 69.3. The first-order valence-electron chi connectivity index (χ1n) is 34.3. The van der Waals surface area contributed by atoms with Crippen LogP contribution in [0.25, 0.3) is 0 Å². The Bertz CT molecular complexity index is 3180. The van der Waals surface area contributed by atoms with Crippen LogP contribution in [0.3, 0.4) is 0 Å². The van der Waals surface area contributed by atoms with E-state index in [9.17, 15) is 28.4 Å². The average Bonchev–Trinajstić information content (AvgIpc) is 1.43.